The van der Waals surface area contributed by atoms with Crippen molar-refractivity contribution in [2.45, 2.75) is 58.7 Å². The third kappa shape index (κ3) is 4.34. The molecule has 1 fully saturated rings. The fourth-order valence-electron chi connectivity index (χ4n) is 1.80. The van der Waals surface area contributed by atoms with E-state index in [9.17, 15) is 0 Å². The first-order valence-corrected chi connectivity index (χ1v) is 6.45. The summed E-state index contributed by atoms with van der Waals surface area (Å²) >= 11 is 0. The molecular weight excluding hydrogens is 216 g/mol. The Balaban J connectivity index is 1.76. The van der Waals surface area contributed by atoms with Gasteiger partial charge in [0, 0.05) is 12.1 Å². The summed E-state index contributed by atoms with van der Waals surface area (Å²) in [5.41, 5.74) is 0. The fraction of sp³-hybridized carbons (Fsp3) is 0.833. The van der Waals surface area contributed by atoms with Crippen LogP contribution in [0.5, 0.6) is 0 Å². The fourth-order valence-corrected chi connectivity index (χ4v) is 1.80. The van der Waals surface area contributed by atoms with Crippen molar-refractivity contribution in [3.05, 3.63) is 5.89 Å². The van der Waals surface area contributed by atoms with E-state index in [0.29, 0.717) is 30.5 Å². The molecule has 0 aliphatic heterocycles. The van der Waals surface area contributed by atoms with Crippen molar-refractivity contribution < 1.29 is 4.42 Å². The minimum Gasteiger partial charge on any atom is -0.407 e. The van der Waals surface area contributed by atoms with E-state index < -0.39 is 0 Å². The molecule has 1 heterocycles. The Labute approximate surface area is 102 Å². The maximum atomic E-state index is 5.51. The minimum absolute atomic E-state index is 0.411. The van der Waals surface area contributed by atoms with E-state index in [1.165, 1.54) is 19.3 Å². The van der Waals surface area contributed by atoms with Crippen molar-refractivity contribution in [2.24, 2.45) is 5.92 Å². The van der Waals surface area contributed by atoms with E-state index >= 15 is 0 Å². The Morgan fingerprint density at radius 2 is 2.06 bits per heavy atom. The van der Waals surface area contributed by atoms with Gasteiger partial charge in [0.25, 0.3) is 0 Å². The molecule has 5 heteroatoms. The molecule has 2 rings (SSSR count). The summed E-state index contributed by atoms with van der Waals surface area (Å²) in [7, 11) is 0. The molecule has 1 aromatic heterocycles. The van der Waals surface area contributed by atoms with Gasteiger partial charge in [-0.25, -0.2) is 0 Å². The van der Waals surface area contributed by atoms with Crippen LogP contribution in [-0.2, 0) is 6.54 Å². The molecule has 1 unspecified atom stereocenters. The second-order valence-corrected chi connectivity index (χ2v) is 5.26. The predicted octanol–water partition coefficient (Wildman–Crippen LogP) is 2.17. The van der Waals surface area contributed by atoms with Crippen molar-refractivity contribution >= 4 is 6.01 Å². The molecule has 1 aromatic rings. The van der Waals surface area contributed by atoms with Crippen LogP contribution in [0.1, 0.15) is 45.9 Å². The number of hydrogen-bond donors (Lipinski definition) is 2. The quantitative estimate of drug-likeness (QED) is 0.762. The largest absolute Gasteiger partial charge is 0.407 e. The number of rotatable bonds is 7. The molecule has 0 saturated heterocycles. The van der Waals surface area contributed by atoms with E-state index in [0.717, 1.165) is 5.92 Å². The summed E-state index contributed by atoms with van der Waals surface area (Å²) < 4.78 is 5.51. The molecule has 96 valence electrons. The van der Waals surface area contributed by atoms with Crippen molar-refractivity contribution in [1.82, 2.24) is 15.5 Å². The topological polar surface area (TPSA) is 63.0 Å². The van der Waals surface area contributed by atoms with Gasteiger partial charge >= 0.3 is 6.01 Å². The average Bonchev–Trinajstić information content (AvgIpc) is 2.94. The van der Waals surface area contributed by atoms with Crippen LogP contribution >= 0.6 is 0 Å². The predicted molar refractivity (Wildman–Crippen MR) is 66.7 cm³/mol. The van der Waals surface area contributed by atoms with Gasteiger partial charge in [-0.15, -0.1) is 5.10 Å². The monoisotopic (exact) mass is 238 g/mol. The molecule has 1 aliphatic carbocycles. The van der Waals surface area contributed by atoms with Crippen molar-refractivity contribution in [3.8, 4) is 0 Å². The number of nitrogens with one attached hydrogen (secondary N) is 2. The van der Waals surface area contributed by atoms with E-state index in [1.807, 2.05) is 0 Å². The van der Waals surface area contributed by atoms with Gasteiger partial charge in [0.1, 0.15) is 0 Å². The Bertz CT molecular complexity index is 346. The van der Waals surface area contributed by atoms with E-state index in [1.54, 1.807) is 0 Å². The highest BCUT2D eigenvalue weighted by Gasteiger charge is 2.24. The van der Waals surface area contributed by atoms with Crippen LogP contribution in [0.4, 0.5) is 6.01 Å². The standard InChI is InChI=1S/C12H22N4O/c1-8(2)13-7-11-15-16-12(17-11)14-9(3)6-10-4-5-10/h8-10,13H,4-7H2,1-3H3,(H,14,16). The average molecular weight is 238 g/mol. The van der Waals surface area contributed by atoms with E-state index in [-0.39, 0.29) is 0 Å². The van der Waals surface area contributed by atoms with Crippen LogP contribution in [0.3, 0.4) is 0 Å². The molecule has 1 saturated carbocycles. The Kier molecular flexibility index (Phi) is 3.99. The summed E-state index contributed by atoms with van der Waals surface area (Å²) in [6.45, 7) is 6.97. The molecule has 0 radical (unpaired) electrons. The molecular formula is C12H22N4O. The number of anilines is 1. The Hall–Kier alpha value is -1.10. The van der Waals surface area contributed by atoms with Crippen molar-refractivity contribution in [1.29, 1.82) is 0 Å². The third-order valence-electron chi connectivity index (χ3n) is 2.88. The molecule has 0 bridgehead atoms. The maximum absolute atomic E-state index is 5.51. The Morgan fingerprint density at radius 1 is 1.29 bits per heavy atom. The van der Waals surface area contributed by atoms with Gasteiger partial charge in [-0.05, 0) is 19.3 Å². The highest BCUT2D eigenvalue weighted by molar-refractivity contribution is 5.19. The molecule has 2 N–H and O–H groups in total. The summed E-state index contributed by atoms with van der Waals surface area (Å²) in [4.78, 5) is 0. The number of hydrogen-bond acceptors (Lipinski definition) is 5. The van der Waals surface area contributed by atoms with Crippen LogP contribution in [0.2, 0.25) is 0 Å². The smallest absolute Gasteiger partial charge is 0.315 e. The molecule has 0 amide bonds. The lowest BCUT2D eigenvalue weighted by molar-refractivity contribution is 0.454. The first-order chi connectivity index (χ1) is 8.13. The molecule has 1 aliphatic rings. The third-order valence-corrected chi connectivity index (χ3v) is 2.88. The highest BCUT2D eigenvalue weighted by atomic mass is 16.4. The van der Waals surface area contributed by atoms with Crippen LogP contribution in [0, 0.1) is 5.92 Å². The van der Waals surface area contributed by atoms with Crippen molar-refractivity contribution in [2.75, 3.05) is 5.32 Å². The van der Waals surface area contributed by atoms with Gasteiger partial charge in [-0.2, -0.15) is 0 Å². The highest BCUT2D eigenvalue weighted by Crippen LogP contribution is 2.33. The van der Waals surface area contributed by atoms with Crippen molar-refractivity contribution in [3.63, 3.8) is 0 Å². The van der Waals surface area contributed by atoms with Gasteiger partial charge in [0.2, 0.25) is 5.89 Å². The van der Waals surface area contributed by atoms with Crippen LogP contribution in [0.15, 0.2) is 4.42 Å². The molecule has 1 atom stereocenters. The zero-order valence-corrected chi connectivity index (χ0v) is 10.9. The van der Waals surface area contributed by atoms with Gasteiger partial charge in [-0.1, -0.05) is 31.8 Å². The summed E-state index contributed by atoms with van der Waals surface area (Å²) in [5, 5.41) is 14.5. The lowest BCUT2D eigenvalue weighted by atomic mass is 10.2. The Morgan fingerprint density at radius 3 is 2.71 bits per heavy atom. The number of nitrogens with zero attached hydrogens (tertiary/aromatic N) is 2. The van der Waals surface area contributed by atoms with Crippen LogP contribution in [0.25, 0.3) is 0 Å². The van der Waals surface area contributed by atoms with Crippen LogP contribution < -0.4 is 10.6 Å². The SMILES string of the molecule is CC(C)NCc1nnc(NC(C)CC2CC2)o1. The van der Waals surface area contributed by atoms with Gasteiger partial charge in [0.15, 0.2) is 0 Å². The maximum Gasteiger partial charge on any atom is 0.315 e. The number of aromatic nitrogens is 2. The second-order valence-electron chi connectivity index (χ2n) is 5.26. The van der Waals surface area contributed by atoms with Gasteiger partial charge in [0.05, 0.1) is 6.54 Å². The molecule has 5 nitrogen and oxygen atoms in total. The van der Waals surface area contributed by atoms with E-state index in [4.69, 9.17) is 4.42 Å². The second kappa shape index (κ2) is 5.49. The molecule has 0 aromatic carbocycles. The zero-order valence-electron chi connectivity index (χ0n) is 10.9. The first-order valence-electron chi connectivity index (χ1n) is 6.45. The zero-order chi connectivity index (χ0) is 12.3. The summed E-state index contributed by atoms with van der Waals surface area (Å²) in [5.74, 6) is 1.54. The van der Waals surface area contributed by atoms with E-state index in [2.05, 4.69) is 41.6 Å². The van der Waals surface area contributed by atoms with Gasteiger partial charge < -0.3 is 15.1 Å². The van der Waals surface area contributed by atoms with Gasteiger partial charge in [-0.3, -0.25) is 0 Å². The first kappa shape index (κ1) is 12.4. The summed E-state index contributed by atoms with van der Waals surface area (Å²) in [6, 6.07) is 1.37. The summed E-state index contributed by atoms with van der Waals surface area (Å²) in [6.07, 6.45) is 3.95. The van der Waals surface area contributed by atoms with Crippen LogP contribution in [-0.4, -0.2) is 22.3 Å². The lowest BCUT2D eigenvalue weighted by Crippen LogP contribution is -2.21. The minimum atomic E-state index is 0.411. The lowest BCUT2D eigenvalue weighted by Gasteiger charge is -2.10. The normalized spacial score (nSPS) is 17.4. The molecule has 17 heavy (non-hydrogen) atoms. The molecule has 0 spiro atoms.